The highest BCUT2D eigenvalue weighted by Gasteiger charge is 2.36. The Morgan fingerprint density at radius 2 is 1.79 bits per heavy atom. The zero-order valence-electron chi connectivity index (χ0n) is 9.84. The molecule has 2 aliphatic rings. The van der Waals surface area contributed by atoms with Crippen LogP contribution >= 0.6 is 0 Å². The third-order valence-corrected chi connectivity index (χ3v) is 4.43. The van der Waals surface area contributed by atoms with Crippen LogP contribution in [0, 0.1) is 17.8 Å². The molecule has 0 aromatic rings. The number of rotatable bonds is 3. The molecule has 0 spiro atoms. The molecule has 0 aromatic carbocycles. The molecule has 0 N–H and O–H groups in total. The second-order valence-corrected chi connectivity index (χ2v) is 5.64. The van der Waals surface area contributed by atoms with Gasteiger partial charge in [0.05, 0.1) is 0 Å². The first-order valence-electron chi connectivity index (χ1n) is 6.42. The lowest BCUT2D eigenvalue weighted by Gasteiger charge is -2.29. The van der Waals surface area contributed by atoms with Gasteiger partial charge in [-0.2, -0.15) is 0 Å². The largest absolute Gasteiger partial charge is 0.309 e. The summed E-state index contributed by atoms with van der Waals surface area (Å²) in [5, 5.41) is 0. The number of hydrogen-bond acceptors (Lipinski definition) is 1. The topological polar surface area (TPSA) is 3.24 Å². The highest BCUT2D eigenvalue weighted by atomic mass is 15.0. The quantitative estimate of drug-likeness (QED) is 0.668. The summed E-state index contributed by atoms with van der Waals surface area (Å²) in [7, 11) is 4.40. The van der Waals surface area contributed by atoms with Gasteiger partial charge in [-0.25, -0.2) is 0 Å². The molecule has 2 rings (SSSR count). The summed E-state index contributed by atoms with van der Waals surface area (Å²) < 4.78 is 0. The van der Waals surface area contributed by atoms with Gasteiger partial charge in [0.1, 0.15) is 0 Å². The molecule has 0 saturated heterocycles. The van der Waals surface area contributed by atoms with E-state index in [0.717, 1.165) is 17.8 Å². The van der Waals surface area contributed by atoms with Gasteiger partial charge in [0.25, 0.3) is 0 Å². The maximum atomic E-state index is 2.34. The fourth-order valence-corrected chi connectivity index (χ4v) is 3.64. The molecule has 3 unspecified atom stereocenters. The van der Waals surface area contributed by atoms with Crippen LogP contribution in [0.25, 0.3) is 0 Å². The van der Waals surface area contributed by atoms with Crippen molar-refractivity contribution in [3.8, 4) is 0 Å². The Hall–Kier alpha value is -0.0400. The third-order valence-electron chi connectivity index (χ3n) is 4.43. The molecular weight excluding hydrogens is 170 g/mol. The summed E-state index contributed by atoms with van der Waals surface area (Å²) in [5.41, 5.74) is 0. The van der Waals surface area contributed by atoms with E-state index in [1.807, 2.05) is 0 Å². The van der Waals surface area contributed by atoms with Crippen LogP contribution in [0.2, 0.25) is 0 Å². The van der Waals surface area contributed by atoms with Crippen molar-refractivity contribution in [3.63, 3.8) is 0 Å². The highest BCUT2D eigenvalue weighted by molar-refractivity contribution is 4.87. The SMILES string of the molecule is CN(C)CCC1CCC2CCCCC21. The van der Waals surface area contributed by atoms with Crippen molar-refractivity contribution in [2.75, 3.05) is 20.6 Å². The molecule has 82 valence electrons. The van der Waals surface area contributed by atoms with E-state index in [4.69, 9.17) is 0 Å². The van der Waals surface area contributed by atoms with E-state index in [2.05, 4.69) is 19.0 Å². The van der Waals surface area contributed by atoms with Gasteiger partial charge in [0.15, 0.2) is 0 Å². The maximum absolute atomic E-state index is 2.34. The fourth-order valence-electron chi connectivity index (χ4n) is 3.64. The van der Waals surface area contributed by atoms with Crippen LogP contribution in [0.1, 0.15) is 44.9 Å². The van der Waals surface area contributed by atoms with Gasteiger partial charge in [0, 0.05) is 0 Å². The molecule has 2 aliphatic carbocycles. The summed E-state index contributed by atoms with van der Waals surface area (Å²) >= 11 is 0. The van der Waals surface area contributed by atoms with E-state index in [9.17, 15) is 0 Å². The summed E-state index contributed by atoms with van der Waals surface area (Å²) in [6, 6.07) is 0. The first-order chi connectivity index (χ1) is 6.77. The van der Waals surface area contributed by atoms with Crippen LogP contribution in [-0.2, 0) is 0 Å². The zero-order chi connectivity index (χ0) is 9.97. The second kappa shape index (κ2) is 4.65. The molecule has 2 saturated carbocycles. The lowest BCUT2D eigenvalue weighted by atomic mass is 9.77. The van der Waals surface area contributed by atoms with E-state index in [1.165, 1.54) is 32.2 Å². The average molecular weight is 195 g/mol. The van der Waals surface area contributed by atoms with Gasteiger partial charge in [-0.1, -0.05) is 19.3 Å². The van der Waals surface area contributed by atoms with Gasteiger partial charge in [0.2, 0.25) is 0 Å². The average Bonchev–Trinajstić information content (AvgIpc) is 2.58. The Balaban J connectivity index is 1.81. The molecule has 0 heterocycles. The number of fused-ring (bicyclic) bond motifs is 1. The van der Waals surface area contributed by atoms with E-state index in [1.54, 1.807) is 19.3 Å². The zero-order valence-corrected chi connectivity index (χ0v) is 9.84. The molecule has 2 fully saturated rings. The number of hydrogen-bond donors (Lipinski definition) is 0. The molecule has 0 amide bonds. The first-order valence-corrected chi connectivity index (χ1v) is 6.42. The van der Waals surface area contributed by atoms with E-state index < -0.39 is 0 Å². The van der Waals surface area contributed by atoms with Crippen LogP contribution < -0.4 is 0 Å². The molecule has 0 aliphatic heterocycles. The van der Waals surface area contributed by atoms with Crippen LogP contribution in [0.3, 0.4) is 0 Å². The second-order valence-electron chi connectivity index (χ2n) is 5.64. The van der Waals surface area contributed by atoms with Crippen LogP contribution in [-0.4, -0.2) is 25.5 Å². The first kappa shape index (κ1) is 10.5. The Bertz CT molecular complexity index is 176. The summed E-state index contributed by atoms with van der Waals surface area (Å²) in [6.45, 7) is 1.30. The Morgan fingerprint density at radius 3 is 2.57 bits per heavy atom. The van der Waals surface area contributed by atoms with Crippen molar-refractivity contribution in [2.24, 2.45) is 17.8 Å². The highest BCUT2D eigenvalue weighted by Crippen LogP contribution is 2.46. The predicted molar refractivity (Wildman–Crippen MR) is 61.3 cm³/mol. The Kier molecular flexibility index (Phi) is 3.48. The van der Waals surface area contributed by atoms with Crippen LogP contribution in [0.15, 0.2) is 0 Å². The monoisotopic (exact) mass is 195 g/mol. The fraction of sp³-hybridized carbons (Fsp3) is 1.00. The van der Waals surface area contributed by atoms with E-state index >= 15 is 0 Å². The van der Waals surface area contributed by atoms with Crippen molar-refractivity contribution in [2.45, 2.75) is 44.9 Å². The molecule has 1 heteroatoms. The minimum Gasteiger partial charge on any atom is -0.309 e. The van der Waals surface area contributed by atoms with E-state index in [-0.39, 0.29) is 0 Å². The molecule has 3 atom stereocenters. The van der Waals surface area contributed by atoms with Gasteiger partial charge in [-0.3, -0.25) is 0 Å². The molecule has 14 heavy (non-hydrogen) atoms. The van der Waals surface area contributed by atoms with E-state index in [0.29, 0.717) is 0 Å². The molecule has 0 radical (unpaired) electrons. The van der Waals surface area contributed by atoms with Crippen molar-refractivity contribution in [1.82, 2.24) is 4.90 Å². The standard InChI is InChI=1S/C13H25N/c1-14(2)10-9-12-8-7-11-5-3-4-6-13(11)12/h11-13H,3-10H2,1-2H3. The molecule has 0 aromatic heterocycles. The summed E-state index contributed by atoms with van der Waals surface area (Å²) in [6.07, 6.45) is 10.6. The van der Waals surface area contributed by atoms with Gasteiger partial charge < -0.3 is 4.90 Å². The Morgan fingerprint density at radius 1 is 1.00 bits per heavy atom. The predicted octanol–water partition coefficient (Wildman–Crippen LogP) is 3.15. The summed E-state index contributed by atoms with van der Waals surface area (Å²) in [4.78, 5) is 2.34. The summed E-state index contributed by atoms with van der Waals surface area (Å²) in [5.74, 6) is 3.31. The third kappa shape index (κ3) is 2.31. The maximum Gasteiger partial charge on any atom is -0.00221 e. The van der Waals surface area contributed by atoms with Crippen LogP contribution in [0.4, 0.5) is 0 Å². The lowest BCUT2D eigenvalue weighted by molar-refractivity contribution is 0.209. The van der Waals surface area contributed by atoms with Gasteiger partial charge >= 0.3 is 0 Å². The molecule has 1 nitrogen and oxygen atoms in total. The van der Waals surface area contributed by atoms with Gasteiger partial charge in [-0.05, 0) is 64.1 Å². The lowest BCUT2D eigenvalue weighted by Crippen LogP contribution is -2.23. The molecular formula is C13H25N. The minimum atomic E-state index is 1.07. The molecule has 0 bridgehead atoms. The van der Waals surface area contributed by atoms with Crippen molar-refractivity contribution >= 4 is 0 Å². The van der Waals surface area contributed by atoms with Gasteiger partial charge in [-0.15, -0.1) is 0 Å². The Labute approximate surface area is 88.9 Å². The van der Waals surface area contributed by atoms with Crippen molar-refractivity contribution < 1.29 is 0 Å². The minimum absolute atomic E-state index is 1.07. The smallest absolute Gasteiger partial charge is 0.00221 e. The van der Waals surface area contributed by atoms with Crippen LogP contribution in [0.5, 0.6) is 0 Å². The normalized spacial score (nSPS) is 37.5. The van der Waals surface area contributed by atoms with Crippen molar-refractivity contribution in [3.05, 3.63) is 0 Å². The number of nitrogens with zero attached hydrogens (tertiary/aromatic N) is 1. The van der Waals surface area contributed by atoms with Crippen molar-refractivity contribution in [1.29, 1.82) is 0 Å².